The van der Waals surface area contributed by atoms with Gasteiger partial charge in [-0.05, 0) is 67.3 Å². The second kappa shape index (κ2) is 14.3. The van der Waals surface area contributed by atoms with E-state index in [2.05, 4.69) is 5.32 Å². The molecule has 7 nitrogen and oxygen atoms in total. The molecule has 0 aromatic heterocycles. The first-order valence-corrected chi connectivity index (χ1v) is 15.1. The van der Waals surface area contributed by atoms with Crippen molar-refractivity contribution in [2.75, 3.05) is 17.4 Å². The molecule has 1 unspecified atom stereocenters. The van der Waals surface area contributed by atoms with Crippen LogP contribution in [0.4, 0.5) is 10.1 Å². The lowest BCUT2D eigenvalue weighted by molar-refractivity contribution is -0.140. The van der Waals surface area contributed by atoms with Gasteiger partial charge < -0.3 is 10.2 Å². The van der Waals surface area contributed by atoms with Crippen LogP contribution < -0.4 is 9.62 Å². The fourth-order valence-corrected chi connectivity index (χ4v) is 5.97. The van der Waals surface area contributed by atoms with Crippen molar-refractivity contribution < 1.29 is 22.4 Å². The maximum Gasteiger partial charge on any atom is 0.264 e. The van der Waals surface area contributed by atoms with Crippen molar-refractivity contribution in [2.45, 2.75) is 57.5 Å². The summed E-state index contributed by atoms with van der Waals surface area (Å²) in [6, 6.07) is 17.4. The summed E-state index contributed by atoms with van der Waals surface area (Å²) < 4.78 is 42.4. The van der Waals surface area contributed by atoms with Gasteiger partial charge in [-0.3, -0.25) is 13.9 Å². The zero-order valence-electron chi connectivity index (χ0n) is 22.9. The number of benzene rings is 3. The van der Waals surface area contributed by atoms with Gasteiger partial charge in [-0.2, -0.15) is 0 Å². The van der Waals surface area contributed by atoms with Crippen molar-refractivity contribution in [3.63, 3.8) is 0 Å². The third kappa shape index (κ3) is 7.61. The van der Waals surface area contributed by atoms with E-state index in [1.807, 2.05) is 6.92 Å². The Hall–Kier alpha value is -3.43. The number of anilines is 1. The molecular weight excluding hydrogens is 553 g/mol. The molecule has 3 aromatic rings. The van der Waals surface area contributed by atoms with Crippen LogP contribution in [0.1, 0.15) is 44.2 Å². The van der Waals surface area contributed by atoms with Crippen LogP contribution >= 0.6 is 11.6 Å². The SMILES string of the molecule is CCCCNC(=O)C(CC)N(Cc1ccc(F)cc1)C(=O)CN(c1cccc(Cl)c1C)S(=O)(=O)c1ccccc1. The molecule has 3 aromatic carbocycles. The molecule has 0 radical (unpaired) electrons. The molecule has 0 aliphatic rings. The molecular formula is C30H35ClFN3O4S. The molecule has 3 rings (SSSR count). The molecule has 10 heteroatoms. The minimum absolute atomic E-state index is 0.00737. The number of hydrogen-bond acceptors (Lipinski definition) is 4. The molecule has 0 heterocycles. The van der Waals surface area contributed by atoms with E-state index in [4.69, 9.17) is 11.6 Å². The quantitative estimate of drug-likeness (QED) is 0.260. The Kier molecular flexibility index (Phi) is 11.1. The van der Waals surface area contributed by atoms with Crippen LogP contribution in [0.2, 0.25) is 5.02 Å². The number of nitrogens with zero attached hydrogens (tertiary/aromatic N) is 2. The van der Waals surface area contributed by atoms with E-state index in [9.17, 15) is 22.4 Å². The van der Waals surface area contributed by atoms with Crippen molar-refractivity contribution in [2.24, 2.45) is 0 Å². The predicted octanol–water partition coefficient (Wildman–Crippen LogP) is 5.71. The maximum atomic E-state index is 14.0. The van der Waals surface area contributed by atoms with E-state index in [1.54, 1.807) is 50.2 Å². The van der Waals surface area contributed by atoms with Gasteiger partial charge in [-0.1, -0.05) is 68.3 Å². The molecule has 0 aliphatic heterocycles. The summed E-state index contributed by atoms with van der Waals surface area (Å²) in [5.41, 5.74) is 1.35. The van der Waals surface area contributed by atoms with Crippen LogP contribution in [-0.2, 0) is 26.2 Å². The highest BCUT2D eigenvalue weighted by Crippen LogP contribution is 2.31. The predicted molar refractivity (Wildman–Crippen MR) is 156 cm³/mol. The molecule has 40 heavy (non-hydrogen) atoms. The van der Waals surface area contributed by atoms with Crippen molar-refractivity contribution in [3.05, 3.63) is 94.8 Å². The minimum Gasteiger partial charge on any atom is -0.354 e. The number of hydrogen-bond donors (Lipinski definition) is 1. The summed E-state index contributed by atoms with van der Waals surface area (Å²) in [6.07, 6.45) is 1.97. The highest BCUT2D eigenvalue weighted by molar-refractivity contribution is 7.92. The lowest BCUT2D eigenvalue weighted by atomic mass is 10.1. The molecule has 0 saturated heterocycles. The zero-order valence-corrected chi connectivity index (χ0v) is 24.5. The topological polar surface area (TPSA) is 86.8 Å². The lowest BCUT2D eigenvalue weighted by Gasteiger charge is -2.33. The van der Waals surface area contributed by atoms with Crippen LogP contribution in [0.25, 0.3) is 0 Å². The van der Waals surface area contributed by atoms with E-state index in [-0.39, 0.29) is 23.0 Å². The van der Waals surface area contributed by atoms with Gasteiger partial charge in [-0.25, -0.2) is 12.8 Å². The number of halogens is 2. The van der Waals surface area contributed by atoms with E-state index in [1.165, 1.54) is 41.3 Å². The number of nitrogens with one attached hydrogen (secondary N) is 1. The number of rotatable bonds is 13. The molecule has 0 saturated carbocycles. The summed E-state index contributed by atoms with van der Waals surface area (Å²) in [6.45, 7) is 5.36. The Morgan fingerprint density at radius 3 is 2.27 bits per heavy atom. The number of carbonyl (C=O) groups is 2. The summed E-state index contributed by atoms with van der Waals surface area (Å²) in [4.78, 5) is 28.6. The molecule has 0 spiro atoms. The first kappa shape index (κ1) is 31.1. The number of amides is 2. The van der Waals surface area contributed by atoms with Crippen molar-refractivity contribution in [3.8, 4) is 0 Å². The van der Waals surface area contributed by atoms with Gasteiger partial charge in [0.1, 0.15) is 18.4 Å². The summed E-state index contributed by atoms with van der Waals surface area (Å²) >= 11 is 6.35. The van der Waals surface area contributed by atoms with Gasteiger partial charge in [-0.15, -0.1) is 0 Å². The third-order valence-corrected chi connectivity index (χ3v) is 8.78. The van der Waals surface area contributed by atoms with Crippen LogP contribution in [0, 0.1) is 12.7 Å². The van der Waals surface area contributed by atoms with E-state index in [0.717, 1.165) is 17.1 Å². The smallest absolute Gasteiger partial charge is 0.264 e. The summed E-state index contributed by atoms with van der Waals surface area (Å²) in [5, 5.41) is 3.23. The average Bonchev–Trinajstić information content (AvgIpc) is 2.95. The largest absolute Gasteiger partial charge is 0.354 e. The molecule has 2 amide bonds. The Labute approximate surface area is 241 Å². The lowest BCUT2D eigenvalue weighted by Crippen LogP contribution is -2.52. The highest BCUT2D eigenvalue weighted by atomic mass is 35.5. The van der Waals surface area contributed by atoms with Gasteiger partial charge >= 0.3 is 0 Å². The monoisotopic (exact) mass is 587 g/mol. The second-order valence-electron chi connectivity index (χ2n) is 9.43. The highest BCUT2D eigenvalue weighted by Gasteiger charge is 2.34. The van der Waals surface area contributed by atoms with Crippen molar-refractivity contribution >= 4 is 39.1 Å². The van der Waals surface area contributed by atoms with Gasteiger partial charge in [0, 0.05) is 18.1 Å². The van der Waals surface area contributed by atoms with E-state index < -0.39 is 34.3 Å². The Morgan fingerprint density at radius 2 is 1.65 bits per heavy atom. The standard InChI is InChI=1S/C30H35ClFN3O4S/c1-4-6-19-33-30(37)27(5-2)34(20-23-15-17-24(32)18-16-23)29(36)21-35(28-14-10-13-26(31)22(28)3)40(38,39)25-11-8-7-9-12-25/h7-18,27H,4-6,19-21H2,1-3H3,(H,33,37). The normalized spacial score (nSPS) is 12.0. The maximum absolute atomic E-state index is 14.0. The fourth-order valence-electron chi connectivity index (χ4n) is 4.31. The van der Waals surface area contributed by atoms with Gasteiger partial charge in [0.05, 0.1) is 10.6 Å². The summed E-state index contributed by atoms with van der Waals surface area (Å²) in [7, 11) is -4.19. The second-order valence-corrected chi connectivity index (χ2v) is 11.7. The third-order valence-electron chi connectivity index (χ3n) is 6.60. The fraction of sp³-hybridized carbons (Fsp3) is 0.333. The van der Waals surface area contributed by atoms with Crippen LogP contribution in [-0.4, -0.2) is 44.3 Å². The summed E-state index contributed by atoms with van der Waals surface area (Å²) in [5.74, 6) is -1.34. The van der Waals surface area contributed by atoms with Crippen LogP contribution in [0.5, 0.6) is 0 Å². The molecule has 1 atom stereocenters. The van der Waals surface area contributed by atoms with Gasteiger partial charge in [0.15, 0.2) is 0 Å². The first-order chi connectivity index (χ1) is 19.1. The Morgan fingerprint density at radius 1 is 0.975 bits per heavy atom. The number of sulfonamides is 1. The zero-order chi connectivity index (χ0) is 29.3. The molecule has 0 aliphatic carbocycles. The van der Waals surface area contributed by atoms with E-state index >= 15 is 0 Å². The molecule has 1 N–H and O–H groups in total. The minimum atomic E-state index is -4.19. The average molecular weight is 588 g/mol. The molecule has 0 fully saturated rings. The number of unbranched alkanes of at least 4 members (excludes halogenated alkanes) is 1. The van der Waals surface area contributed by atoms with Crippen LogP contribution in [0.15, 0.2) is 77.7 Å². The van der Waals surface area contributed by atoms with E-state index in [0.29, 0.717) is 29.1 Å². The van der Waals surface area contributed by atoms with Gasteiger partial charge in [0.2, 0.25) is 11.8 Å². The Bertz CT molecular complexity index is 1400. The van der Waals surface area contributed by atoms with Crippen molar-refractivity contribution in [1.82, 2.24) is 10.2 Å². The van der Waals surface area contributed by atoms with Gasteiger partial charge in [0.25, 0.3) is 10.0 Å². The number of carbonyl (C=O) groups excluding carboxylic acids is 2. The van der Waals surface area contributed by atoms with Crippen LogP contribution in [0.3, 0.4) is 0 Å². The Balaban J connectivity index is 2.06. The molecule has 214 valence electrons. The molecule has 0 bridgehead atoms. The van der Waals surface area contributed by atoms with Crippen molar-refractivity contribution in [1.29, 1.82) is 0 Å². The first-order valence-electron chi connectivity index (χ1n) is 13.2.